The summed E-state index contributed by atoms with van der Waals surface area (Å²) in [6.07, 6.45) is -2.84. The normalized spacial score (nSPS) is 19.0. The van der Waals surface area contributed by atoms with Crippen molar-refractivity contribution < 1.29 is 18.0 Å². The quantitative estimate of drug-likeness (QED) is 0.889. The SMILES string of the molecule is C=C1C=NN(CCN2CCN(c3cccc(C(F)(F)F)c3)CC2)C(=O)N1. The van der Waals surface area contributed by atoms with Gasteiger partial charge in [-0.2, -0.15) is 18.3 Å². The second-order valence-electron chi connectivity index (χ2n) is 6.20. The third-order valence-electron chi connectivity index (χ3n) is 4.39. The Kier molecular flexibility index (Phi) is 5.17. The summed E-state index contributed by atoms with van der Waals surface area (Å²) < 4.78 is 38.5. The summed E-state index contributed by atoms with van der Waals surface area (Å²) in [7, 11) is 0. The van der Waals surface area contributed by atoms with Crippen molar-refractivity contribution in [1.29, 1.82) is 0 Å². The average molecular weight is 367 g/mol. The van der Waals surface area contributed by atoms with Crippen molar-refractivity contribution >= 4 is 17.9 Å². The highest BCUT2D eigenvalue weighted by molar-refractivity contribution is 5.90. The molecular formula is C17H20F3N5O. The largest absolute Gasteiger partial charge is 0.416 e. The Morgan fingerprint density at radius 3 is 2.54 bits per heavy atom. The Morgan fingerprint density at radius 2 is 1.88 bits per heavy atom. The Labute approximate surface area is 149 Å². The molecule has 3 rings (SSSR count). The molecule has 2 aliphatic rings. The van der Waals surface area contributed by atoms with Gasteiger partial charge in [-0.3, -0.25) is 4.90 Å². The molecule has 2 heterocycles. The van der Waals surface area contributed by atoms with E-state index in [0.717, 1.165) is 6.07 Å². The lowest BCUT2D eigenvalue weighted by atomic mass is 10.1. The van der Waals surface area contributed by atoms with E-state index in [0.29, 0.717) is 50.7 Å². The number of halogens is 3. The lowest BCUT2D eigenvalue weighted by Crippen LogP contribution is -2.49. The molecule has 0 atom stereocenters. The van der Waals surface area contributed by atoms with Gasteiger partial charge in [-0.15, -0.1) is 0 Å². The molecule has 1 saturated heterocycles. The predicted octanol–water partition coefficient (Wildman–Crippen LogP) is 2.35. The summed E-state index contributed by atoms with van der Waals surface area (Å²) in [5.74, 6) is 0. The first-order valence-corrected chi connectivity index (χ1v) is 8.29. The molecule has 0 aromatic heterocycles. The molecule has 1 N–H and O–H groups in total. The minimum Gasteiger partial charge on any atom is -0.369 e. The van der Waals surface area contributed by atoms with E-state index in [1.54, 1.807) is 6.07 Å². The number of alkyl halides is 3. The van der Waals surface area contributed by atoms with Crippen LogP contribution in [0.5, 0.6) is 0 Å². The van der Waals surface area contributed by atoms with Crippen molar-refractivity contribution in [1.82, 2.24) is 15.2 Å². The van der Waals surface area contributed by atoms with Crippen molar-refractivity contribution in [3.8, 4) is 0 Å². The summed E-state index contributed by atoms with van der Waals surface area (Å²) in [4.78, 5) is 15.9. The van der Waals surface area contributed by atoms with Crippen LogP contribution in [-0.2, 0) is 6.18 Å². The van der Waals surface area contributed by atoms with Gasteiger partial charge < -0.3 is 10.2 Å². The van der Waals surface area contributed by atoms with E-state index in [2.05, 4.69) is 21.9 Å². The van der Waals surface area contributed by atoms with Gasteiger partial charge in [0.25, 0.3) is 0 Å². The Bertz CT molecular complexity index is 711. The third-order valence-corrected chi connectivity index (χ3v) is 4.39. The zero-order chi connectivity index (χ0) is 18.7. The number of urea groups is 1. The number of benzene rings is 1. The van der Waals surface area contributed by atoms with Gasteiger partial charge in [-0.05, 0) is 18.2 Å². The molecule has 0 saturated carbocycles. The fourth-order valence-electron chi connectivity index (χ4n) is 2.93. The fourth-order valence-corrected chi connectivity index (χ4v) is 2.93. The van der Waals surface area contributed by atoms with Crippen molar-refractivity contribution in [3.05, 3.63) is 42.1 Å². The van der Waals surface area contributed by atoms with E-state index >= 15 is 0 Å². The molecule has 0 bridgehead atoms. The molecule has 1 aromatic rings. The van der Waals surface area contributed by atoms with Gasteiger partial charge in [-0.1, -0.05) is 12.6 Å². The highest BCUT2D eigenvalue weighted by atomic mass is 19.4. The fraction of sp³-hybridized carbons (Fsp3) is 0.412. The van der Waals surface area contributed by atoms with Crippen LogP contribution >= 0.6 is 0 Å². The van der Waals surface area contributed by atoms with E-state index in [9.17, 15) is 18.0 Å². The number of piperazine rings is 1. The molecule has 0 radical (unpaired) electrons. The first kappa shape index (κ1) is 18.2. The standard InChI is InChI=1S/C17H20F3N5O/c1-13-12-21-25(16(26)22-13)10-7-23-5-8-24(9-6-23)15-4-2-3-14(11-15)17(18,19)20/h2-4,11-12H,1,5-10H2,(H,22,26). The smallest absolute Gasteiger partial charge is 0.369 e. The topological polar surface area (TPSA) is 51.2 Å². The van der Waals surface area contributed by atoms with Crippen molar-refractivity contribution in [2.75, 3.05) is 44.2 Å². The average Bonchev–Trinajstić information content (AvgIpc) is 2.61. The molecule has 9 heteroatoms. The number of nitrogens with zero attached hydrogens (tertiary/aromatic N) is 4. The highest BCUT2D eigenvalue weighted by Crippen LogP contribution is 2.31. The third kappa shape index (κ3) is 4.34. The number of hydrazone groups is 1. The zero-order valence-electron chi connectivity index (χ0n) is 14.2. The van der Waals surface area contributed by atoms with Crippen LogP contribution in [0.1, 0.15) is 5.56 Å². The zero-order valence-corrected chi connectivity index (χ0v) is 14.2. The lowest BCUT2D eigenvalue weighted by Gasteiger charge is -2.37. The monoisotopic (exact) mass is 367 g/mol. The molecule has 140 valence electrons. The van der Waals surface area contributed by atoms with Gasteiger partial charge in [0, 0.05) is 38.4 Å². The van der Waals surface area contributed by atoms with Crippen LogP contribution in [0.15, 0.2) is 41.6 Å². The molecular weight excluding hydrogens is 347 g/mol. The minimum atomic E-state index is -4.33. The molecule has 1 fully saturated rings. The molecule has 0 spiro atoms. The summed E-state index contributed by atoms with van der Waals surface area (Å²) >= 11 is 0. The van der Waals surface area contributed by atoms with E-state index in [1.807, 2.05) is 4.90 Å². The van der Waals surface area contributed by atoms with Gasteiger partial charge in [0.1, 0.15) is 0 Å². The van der Waals surface area contributed by atoms with Gasteiger partial charge in [0.05, 0.1) is 24.0 Å². The van der Waals surface area contributed by atoms with Crippen LogP contribution in [-0.4, -0.2) is 61.4 Å². The molecule has 0 aliphatic carbocycles. The second-order valence-corrected chi connectivity index (χ2v) is 6.20. The number of carbonyl (C=O) groups is 1. The van der Waals surface area contributed by atoms with E-state index < -0.39 is 11.7 Å². The first-order valence-electron chi connectivity index (χ1n) is 8.29. The Balaban J connectivity index is 1.51. The summed E-state index contributed by atoms with van der Waals surface area (Å²) in [6, 6.07) is 5.10. The molecule has 1 aromatic carbocycles. The van der Waals surface area contributed by atoms with Gasteiger partial charge >= 0.3 is 12.2 Å². The van der Waals surface area contributed by atoms with Crippen molar-refractivity contribution in [2.24, 2.45) is 5.10 Å². The number of amides is 2. The lowest BCUT2D eigenvalue weighted by molar-refractivity contribution is -0.137. The first-order chi connectivity index (χ1) is 12.3. The van der Waals surface area contributed by atoms with Crippen LogP contribution in [0.3, 0.4) is 0 Å². The highest BCUT2D eigenvalue weighted by Gasteiger charge is 2.31. The molecule has 2 aliphatic heterocycles. The summed E-state index contributed by atoms with van der Waals surface area (Å²) in [6.45, 7) is 7.39. The van der Waals surface area contributed by atoms with Gasteiger partial charge in [-0.25, -0.2) is 9.80 Å². The van der Waals surface area contributed by atoms with Crippen LogP contribution < -0.4 is 10.2 Å². The van der Waals surface area contributed by atoms with E-state index in [-0.39, 0.29) is 6.03 Å². The summed E-state index contributed by atoms with van der Waals surface area (Å²) in [5.41, 5.74) is 0.409. The summed E-state index contributed by atoms with van der Waals surface area (Å²) in [5, 5.41) is 7.95. The minimum absolute atomic E-state index is 0.305. The maximum Gasteiger partial charge on any atom is 0.416 e. The number of rotatable bonds is 4. The predicted molar refractivity (Wildman–Crippen MR) is 93.0 cm³/mol. The van der Waals surface area contributed by atoms with Crippen molar-refractivity contribution in [3.63, 3.8) is 0 Å². The van der Waals surface area contributed by atoms with Gasteiger partial charge in [0.15, 0.2) is 0 Å². The van der Waals surface area contributed by atoms with E-state index in [4.69, 9.17) is 0 Å². The second kappa shape index (κ2) is 7.36. The van der Waals surface area contributed by atoms with E-state index in [1.165, 1.54) is 23.4 Å². The Morgan fingerprint density at radius 1 is 1.15 bits per heavy atom. The number of nitrogens with one attached hydrogen (secondary N) is 1. The maximum absolute atomic E-state index is 12.8. The van der Waals surface area contributed by atoms with Crippen LogP contribution in [0.4, 0.5) is 23.7 Å². The number of hydrogen-bond donors (Lipinski definition) is 1. The molecule has 0 unspecified atom stereocenters. The maximum atomic E-state index is 12.8. The van der Waals surface area contributed by atoms with Crippen LogP contribution in [0.2, 0.25) is 0 Å². The molecule has 2 amide bonds. The van der Waals surface area contributed by atoms with Gasteiger partial charge in [0.2, 0.25) is 0 Å². The van der Waals surface area contributed by atoms with Crippen molar-refractivity contribution in [2.45, 2.75) is 6.18 Å². The number of hydrogen-bond acceptors (Lipinski definition) is 4. The number of carbonyl (C=O) groups excluding carboxylic acids is 1. The van der Waals surface area contributed by atoms with Crippen LogP contribution in [0, 0.1) is 0 Å². The number of allylic oxidation sites excluding steroid dienone is 1. The van der Waals surface area contributed by atoms with Crippen LogP contribution in [0.25, 0.3) is 0 Å². The Hall–Kier alpha value is -2.55. The number of anilines is 1. The molecule has 6 nitrogen and oxygen atoms in total. The molecule has 26 heavy (non-hydrogen) atoms.